The zero-order chi connectivity index (χ0) is 76.2. The van der Waals surface area contributed by atoms with Gasteiger partial charge in [0.15, 0.2) is 20.4 Å². The molecular formula is C66H105N3O30P3-3. The Balaban J connectivity index is 0.000000765. The number of nitrogens with one attached hydrogen (secondary N) is 3. The number of phosphoric ester groups is 3. The van der Waals surface area contributed by atoms with E-state index >= 15 is 0 Å². The molecule has 33 nitrogen and oxygen atoms in total. The molecule has 0 radical (unpaired) electrons. The number of carbonyl (C=O) groups excluding carboxylic acids is 6. The molecule has 3 aromatic carbocycles. The summed E-state index contributed by atoms with van der Waals surface area (Å²) in [6.07, 6.45) is 8.79. The van der Waals surface area contributed by atoms with E-state index in [9.17, 15) is 57.1 Å². The first-order valence-corrected chi connectivity index (χ1v) is 37.9. The van der Waals surface area contributed by atoms with Crippen LogP contribution in [0.25, 0.3) is 0 Å². The Morgan fingerprint density at radius 3 is 0.794 bits per heavy atom. The second-order valence-electron chi connectivity index (χ2n) is 22.6. The molecule has 0 bridgehead atoms. The van der Waals surface area contributed by atoms with Gasteiger partial charge in [-0.1, -0.05) is 59.3 Å². The molecule has 0 saturated heterocycles. The minimum Gasteiger partial charge on any atom is -0.756 e. The zero-order valence-corrected chi connectivity index (χ0v) is 62.7. The molecule has 3 amide bonds. The van der Waals surface area contributed by atoms with Crippen molar-refractivity contribution in [1.82, 2.24) is 16.0 Å². The van der Waals surface area contributed by atoms with Crippen molar-refractivity contribution in [3.8, 4) is 17.2 Å². The fourth-order valence-corrected chi connectivity index (χ4v) is 10.7. The topological polar surface area (TPSA) is 458 Å². The molecule has 3 aromatic rings. The van der Waals surface area contributed by atoms with Gasteiger partial charge in [0, 0.05) is 39.5 Å². The van der Waals surface area contributed by atoms with Crippen LogP contribution in [0.1, 0.15) is 167 Å². The van der Waals surface area contributed by atoms with E-state index < -0.39 is 80.0 Å². The molecule has 102 heavy (non-hydrogen) atoms. The lowest BCUT2D eigenvalue weighted by molar-refractivity contribution is -0.232. The van der Waals surface area contributed by atoms with Gasteiger partial charge in [-0.05, 0) is 186 Å². The van der Waals surface area contributed by atoms with Crippen molar-refractivity contribution in [3.05, 3.63) is 86.5 Å². The largest absolute Gasteiger partial charge is 0.756 e. The molecule has 582 valence electrons. The van der Waals surface area contributed by atoms with Gasteiger partial charge in [0.1, 0.15) is 56.9 Å². The summed E-state index contributed by atoms with van der Waals surface area (Å²) in [6, 6.07) is 10.8. The van der Waals surface area contributed by atoms with Crippen molar-refractivity contribution in [2.24, 2.45) is 0 Å². The van der Waals surface area contributed by atoms with Gasteiger partial charge in [-0.3, -0.25) is 27.3 Å². The average molecular weight is 1510 g/mol. The summed E-state index contributed by atoms with van der Waals surface area (Å²) in [6.45, 7) is 16.5. The monoisotopic (exact) mass is 1510 g/mol. The quantitative estimate of drug-likeness (QED) is 0.00768. The van der Waals surface area contributed by atoms with E-state index in [1.54, 1.807) is 36.4 Å². The van der Waals surface area contributed by atoms with E-state index in [-0.39, 0.29) is 59.5 Å². The highest BCUT2D eigenvalue weighted by atomic mass is 31.2. The molecule has 0 aromatic heterocycles. The van der Waals surface area contributed by atoms with Crippen LogP contribution in [-0.2, 0) is 103 Å². The second kappa shape index (κ2) is 55.5. The Morgan fingerprint density at radius 2 is 0.578 bits per heavy atom. The SMILES string of the molecule is CCCOCC(=O)Oc1c(C)cc(COC(=O)NCCCCCCOP(=O)([O-])OCO)cc1C.CCCOCC(=O)Oc1c(C)cc(COC(=O)NCCCCCCOP(=O)([O-])OCO)cc1C.CCCOCC(=O)Oc1c(C)cc(COC(=O)NCCCCCCOP(=O)([O-])OCO)cc1C. The van der Waals surface area contributed by atoms with E-state index in [1.807, 2.05) is 62.3 Å². The van der Waals surface area contributed by atoms with Crippen molar-refractivity contribution in [2.75, 3.05) is 99.5 Å². The second-order valence-corrected chi connectivity index (χ2v) is 26.9. The molecule has 0 aliphatic rings. The number of phosphoric acid groups is 3. The van der Waals surface area contributed by atoms with E-state index in [2.05, 4.69) is 43.1 Å². The fraction of sp³-hybridized carbons (Fsp3) is 0.636. The molecule has 0 aliphatic heterocycles. The number of ether oxygens (including phenoxy) is 9. The van der Waals surface area contributed by atoms with E-state index in [1.165, 1.54) is 0 Å². The number of amides is 3. The number of hydrogen-bond acceptors (Lipinski definition) is 30. The molecular weight excluding hydrogens is 1410 g/mol. The minimum atomic E-state index is -4.42. The molecule has 0 fully saturated rings. The first-order valence-electron chi connectivity index (χ1n) is 33.5. The summed E-state index contributed by atoms with van der Waals surface area (Å²) >= 11 is 0. The number of carbonyl (C=O) groups is 6. The van der Waals surface area contributed by atoms with Gasteiger partial charge in [-0.25, -0.2) is 28.8 Å². The Labute approximate surface area is 597 Å². The third kappa shape index (κ3) is 46.6. The van der Waals surface area contributed by atoms with Crippen LogP contribution in [-0.4, -0.2) is 151 Å². The van der Waals surface area contributed by atoms with Gasteiger partial charge < -0.3 is 102 Å². The smallest absolute Gasteiger partial charge is 0.407 e. The molecule has 6 N–H and O–H groups in total. The molecule has 0 saturated carbocycles. The Hall–Kier alpha value is -6.03. The minimum absolute atomic E-state index is 0.0281. The lowest BCUT2D eigenvalue weighted by Crippen LogP contribution is -2.25. The highest BCUT2D eigenvalue weighted by Crippen LogP contribution is 2.39. The van der Waals surface area contributed by atoms with Crippen LogP contribution < -0.4 is 44.8 Å². The summed E-state index contributed by atoms with van der Waals surface area (Å²) in [4.78, 5) is 105. The summed E-state index contributed by atoms with van der Waals surface area (Å²) in [5, 5.41) is 33.2. The van der Waals surface area contributed by atoms with Crippen molar-refractivity contribution in [2.45, 2.75) is 178 Å². The number of hydrogen-bond donors (Lipinski definition) is 6. The molecule has 3 rings (SSSR count). The third-order valence-electron chi connectivity index (χ3n) is 13.4. The predicted molar refractivity (Wildman–Crippen MR) is 363 cm³/mol. The predicted octanol–water partition coefficient (Wildman–Crippen LogP) is 8.62. The highest BCUT2D eigenvalue weighted by molar-refractivity contribution is 7.46. The maximum atomic E-state index is 11.9. The number of rotatable bonds is 51. The van der Waals surface area contributed by atoms with Gasteiger partial charge >= 0.3 is 36.2 Å². The van der Waals surface area contributed by atoms with Gasteiger partial charge in [0.05, 0.1) is 19.8 Å². The van der Waals surface area contributed by atoms with Crippen molar-refractivity contribution >= 4 is 59.7 Å². The Morgan fingerprint density at radius 1 is 0.353 bits per heavy atom. The number of benzene rings is 3. The standard InChI is InChI=1S/3C22H36NO10P/c3*1-4-10-29-15-20(25)33-21-17(2)12-19(13-18(21)3)14-30-22(26)23-9-7-5-6-8-11-31-34(27,28)32-16-24/h3*12-13,24H,4-11,14-16H2,1-3H3,(H,23,26)(H,27,28)/p-3. The molecule has 0 aliphatic carbocycles. The number of esters is 3. The van der Waals surface area contributed by atoms with Crippen molar-refractivity contribution < 1.29 is 142 Å². The Kier molecular flexibility index (Phi) is 51.1. The van der Waals surface area contributed by atoms with Gasteiger partial charge in [0.25, 0.3) is 23.5 Å². The summed E-state index contributed by atoms with van der Waals surface area (Å²) in [5.74, 6) is 0.0399. The number of aliphatic hydroxyl groups excluding tert-OH is 3. The van der Waals surface area contributed by atoms with E-state index in [0.29, 0.717) is 114 Å². The summed E-state index contributed by atoms with van der Waals surface area (Å²) < 4.78 is 107. The molecule has 36 heteroatoms. The van der Waals surface area contributed by atoms with Crippen LogP contribution in [0.4, 0.5) is 14.4 Å². The number of aliphatic hydroxyl groups is 3. The maximum Gasteiger partial charge on any atom is 0.407 e. The van der Waals surface area contributed by atoms with Crippen LogP contribution in [0, 0.1) is 41.5 Å². The number of unbranched alkanes of at least 4 members (excludes halogenated alkanes) is 9. The zero-order valence-electron chi connectivity index (χ0n) is 60.0. The third-order valence-corrected chi connectivity index (χ3v) is 16.2. The number of aryl methyl sites for hydroxylation is 6. The lowest BCUT2D eigenvalue weighted by Gasteiger charge is -2.21. The van der Waals surface area contributed by atoms with Crippen LogP contribution in [0.15, 0.2) is 36.4 Å². The van der Waals surface area contributed by atoms with E-state index in [4.69, 9.17) is 58.0 Å². The summed E-state index contributed by atoms with van der Waals surface area (Å²) in [5.41, 5.74) is 6.83. The first kappa shape index (κ1) is 94.0. The van der Waals surface area contributed by atoms with Gasteiger partial charge in [-0.15, -0.1) is 0 Å². The molecule has 0 heterocycles. The van der Waals surface area contributed by atoms with Crippen LogP contribution in [0.5, 0.6) is 17.2 Å². The van der Waals surface area contributed by atoms with Gasteiger partial charge in [-0.2, -0.15) is 0 Å². The Bertz CT molecular complexity index is 2700. The van der Waals surface area contributed by atoms with Crippen molar-refractivity contribution in [1.29, 1.82) is 0 Å². The maximum absolute atomic E-state index is 11.9. The van der Waals surface area contributed by atoms with Gasteiger partial charge in [0.2, 0.25) is 0 Å². The fourth-order valence-electron chi connectivity index (χ4n) is 8.95. The van der Waals surface area contributed by atoms with Crippen LogP contribution >= 0.6 is 23.5 Å². The summed E-state index contributed by atoms with van der Waals surface area (Å²) in [7, 11) is -13.3. The van der Waals surface area contributed by atoms with E-state index in [0.717, 1.165) is 88.6 Å². The van der Waals surface area contributed by atoms with Crippen LogP contribution in [0.2, 0.25) is 0 Å². The molecule has 3 unspecified atom stereocenters. The molecule has 3 atom stereocenters. The van der Waals surface area contributed by atoms with Crippen LogP contribution in [0.3, 0.4) is 0 Å². The average Bonchev–Trinajstić information content (AvgIpc) is 0.851. The highest BCUT2D eigenvalue weighted by Gasteiger charge is 2.18. The normalized spacial score (nSPS) is 12.7. The lowest BCUT2D eigenvalue weighted by atomic mass is 10.1. The number of alkyl carbamates (subject to hydrolysis) is 3. The molecule has 0 spiro atoms. The van der Waals surface area contributed by atoms with Crippen molar-refractivity contribution in [3.63, 3.8) is 0 Å². The first-order chi connectivity index (χ1) is 48.5.